The number of carbonyl (C=O) groups is 1. The van der Waals surface area contributed by atoms with E-state index in [0.717, 1.165) is 31.6 Å². The minimum atomic E-state index is -3.59. The maximum atomic E-state index is 12.3. The second-order valence-corrected chi connectivity index (χ2v) is 10.8. The number of anilines is 3. The minimum absolute atomic E-state index is 0.115. The van der Waals surface area contributed by atoms with Crippen LogP contribution in [0.4, 0.5) is 17.3 Å². The average Bonchev–Trinajstić information content (AvgIpc) is 3.15. The topological polar surface area (TPSA) is 131 Å². The number of amides is 1. The quantitative estimate of drug-likeness (QED) is 0.504. The first-order valence-corrected chi connectivity index (χ1v) is 13.1. The fourth-order valence-corrected chi connectivity index (χ4v) is 4.35. The number of aromatic nitrogens is 4. The Morgan fingerprint density at radius 3 is 2.60 bits per heavy atom. The summed E-state index contributed by atoms with van der Waals surface area (Å²) < 4.78 is 32.2. The van der Waals surface area contributed by atoms with Crippen molar-refractivity contribution >= 4 is 33.1 Å². The monoisotopic (exact) mass is 499 g/mol. The lowest BCUT2D eigenvalue weighted by molar-refractivity contribution is -0.114. The molecule has 1 amide bonds. The number of hydrogen-bond acceptors (Lipinski definition) is 9. The summed E-state index contributed by atoms with van der Waals surface area (Å²) in [4.78, 5) is 22.5. The van der Waals surface area contributed by atoms with Crippen molar-refractivity contribution in [1.82, 2.24) is 24.6 Å². The Morgan fingerprint density at radius 1 is 1.14 bits per heavy atom. The predicted octanol–water partition coefficient (Wildman–Crippen LogP) is 2.68. The molecule has 0 aromatic carbocycles. The zero-order chi connectivity index (χ0) is 25.3. The number of carbonyl (C=O) groups excluding carboxylic acids is 1. The van der Waals surface area contributed by atoms with Gasteiger partial charge in [0, 0.05) is 56.2 Å². The highest BCUT2D eigenvalue weighted by atomic mass is 32.2. The summed E-state index contributed by atoms with van der Waals surface area (Å²) >= 11 is 0. The molecule has 0 saturated heterocycles. The lowest BCUT2D eigenvalue weighted by Crippen LogP contribution is -2.30. The molecular formula is C23H29N7O4S. The molecule has 11 nitrogen and oxygen atoms in total. The summed E-state index contributed by atoms with van der Waals surface area (Å²) in [5, 5.41) is 10.5. The van der Waals surface area contributed by atoms with Gasteiger partial charge in [-0.3, -0.25) is 14.4 Å². The minimum Gasteiger partial charge on any atom is -0.491 e. The van der Waals surface area contributed by atoms with Crippen LogP contribution in [0.25, 0.3) is 11.3 Å². The maximum absolute atomic E-state index is 12.3. The molecule has 0 unspecified atom stereocenters. The van der Waals surface area contributed by atoms with Gasteiger partial charge in [-0.2, -0.15) is 5.10 Å². The highest BCUT2D eigenvalue weighted by Crippen LogP contribution is 2.33. The standard InChI is InChI=1S/C23H29N7O4S/c1-14(2)34-17-9-22(27-23(10-17)35(5,32)33)26-19-11-21(25-15(3)31)24-12-18(19)20-8-16-13-29(4)6-7-30(16)28-20/h8-12,14H,6-7,13H2,1-5H3,(H2,24,25,26,27,31). The molecule has 4 heterocycles. The average molecular weight is 500 g/mol. The molecule has 0 bridgehead atoms. The number of likely N-dealkylation sites (N-methyl/N-ethyl adjacent to an activating group) is 1. The molecule has 35 heavy (non-hydrogen) atoms. The molecule has 3 aromatic rings. The summed E-state index contributed by atoms with van der Waals surface area (Å²) in [6, 6.07) is 6.70. The van der Waals surface area contributed by atoms with E-state index in [9.17, 15) is 13.2 Å². The Kier molecular flexibility index (Phi) is 6.77. The zero-order valence-corrected chi connectivity index (χ0v) is 21.2. The van der Waals surface area contributed by atoms with E-state index in [-0.39, 0.29) is 22.9 Å². The Balaban J connectivity index is 1.79. The fraction of sp³-hybridized carbons (Fsp3) is 0.391. The summed E-state index contributed by atoms with van der Waals surface area (Å²) in [7, 11) is -1.53. The molecule has 0 fully saturated rings. The van der Waals surface area contributed by atoms with Crippen LogP contribution in [0.3, 0.4) is 0 Å². The summed E-state index contributed by atoms with van der Waals surface area (Å²) in [6.07, 6.45) is 2.56. The van der Waals surface area contributed by atoms with Gasteiger partial charge in [0.15, 0.2) is 14.9 Å². The van der Waals surface area contributed by atoms with Crippen molar-refractivity contribution in [2.45, 2.75) is 45.0 Å². The van der Waals surface area contributed by atoms with Crippen LogP contribution in [0.1, 0.15) is 26.5 Å². The van der Waals surface area contributed by atoms with Gasteiger partial charge in [0.25, 0.3) is 0 Å². The van der Waals surface area contributed by atoms with Crippen LogP contribution in [0.15, 0.2) is 35.5 Å². The van der Waals surface area contributed by atoms with E-state index in [0.29, 0.717) is 28.5 Å². The molecule has 1 aliphatic rings. The van der Waals surface area contributed by atoms with Crippen molar-refractivity contribution in [3.05, 3.63) is 36.2 Å². The first-order valence-electron chi connectivity index (χ1n) is 11.2. The van der Waals surface area contributed by atoms with Crippen LogP contribution in [-0.2, 0) is 27.7 Å². The van der Waals surface area contributed by atoms with Gasteiger partial charge in [0.05, 0.1) is 29.7 Å². The van der Waals surface area contributed by atoms with Gasteiger partial charge >= 0.3 is 0 Å². The highest BCUT2D eigenvalue weighted by molar-refractivity contribution is 7.90. The maximum Gasteiger partial charge on any atom is 0.222 e. The lowest BCUT2D eigenvalue weighted by Gasteiger charge is -2.22. The number of ether oxygens (including phenoxy) is 1. The predicted molar refractivity (Wildman–Crippen MR) is 132 cm³/mol. The summed E-state index contributed by atoms with van der Waals surface area (Å²) in [5.41, 5.74) is 3.02. The van der Waals surface area contributed by atoms with E-state index < -0.39 is 9.84 Å². The molecule has 0 atom stereocenters. The van der Waals surface area contributed by atoms with Crippen molar-refractivity contribution in [1.29, 1.82) is 0 Å². The Hall–Kier alpha value is -3.51. The van der Waals surface area contributed by atoms with Gasteiger partial charge in [0.2, 0.25) is 5.91 Å². The molecule has 1 aliphatic heterocycles. The second kappa shape index (κ2) is 9.62. The number of fused-ring (bicyclic) bond motifs is 1. The smallest absolute Gasteiger partial charge is 0.222 e. The van der Waals surface area contributed by atoms with Crippen molar-refractivity contribution in [2.75, 3.05) is 30.5 Å². The van der Waals surface area contributed by atoms with E-state index in [1.807, 2.05) is 24.6 Å². The number of nitrogens with one attached hydrogen (secondary N) is 2. The van der Waals surface area contributed by atoms with E-state index in [2.05, 4.69) is 32.5 Å². The molecule has 3 aromatic heterocycles. The van der Waals surface area contributed by atoms with Crippen molar-refractivity contribution < 1.29 is 17.9 Å². The van der Waals surface area contributed by atoms with Crippen LogP contribution < -0.4 is 15.4 Å². The highest BCUT2D eigenvalue weighted by Gasteiger charge is 2.20. The number of rotatable bonds is 7. The van der Waals surface area contributed by atoms with Gasteiger partial charge < -0.3 is 15.4 Å². The van der Waals surface area contributed by atoms with Crippen LogP contribution in [0, 0.1) is 0 Å². The van der Waals surface area contributed by atoms with Crippen LogP contribution in [0.5, 0.6) is 5.75 Å². The molecule has 4 rings (SSSR count). The van der Waals surface area contributed by atoms with Crippen LogP contribution in [0.2, 0.25) is 0 Å². The van der Waals surface area contributed by atoms with Crippen molar-refractivity contribution in [3.8, 4) is 17.0 Å². The van der Waals surface area contributed by atoms with Crippen LogP contribution in [-0.4, -0.2) is 64.9 Å². The Bertz CT molecular complexity index is 1370. The van der Waals surface area contributed by atoms with E-state index in [1.165, 1.54) is 13.0 Å². The van der Waals surface area contributed by atoms with Gasteiger partial charge in [-0.15, -0.1) is 0 Å². The van der Waals surface area contributed by atoms with Crippen LogP contribution >= 0.6 is 0 Å². The normalized spacial score (nSPS) is 14.0. The fourth-order valence-electron chi connectivity index (χ4n) is 3.75. The molecule has 0 saturated carbocycles. The Labute approximate surface area is 204 Å². The SMILES string of the molecule is CC(=O)Nc1cc(Nc2cc(OC(C)C)cc(S(C)(=O)=O)n2)c(-c2cc3n(n2)CCN(C)C3)cn1. The molecule has 186 valence electrons. The van der Waals surface area contributed by atoms with Crippen molar-refractivity contribution in [3.63, 3.8) is 0 Å². The number of sulfone groups is 1. The third-order valence-corrected chi connectivity index (χ3v) is 6.23. The van der Waals surface area contributed by atoms with Gasteiger partial charge in [-0.25, -0.2) is 18.4 Å². The van der Waals surface area contributed by atoms with E-state index in [1.54, 1.807) is 18.3 Å². The van der Waals surface area contributed by atoms with E-state index in [4.69, 9.17) is 9.84 Å². The Morgan fingerprint density at radius 2 is 1.91 bits per heavy atom. The molecule has 2 N–H and O–H groups in total. The summed E-state index contributed by atoms with van der Waals surface area (Å²) in [5.74, 6) is 0.719. The largest absolute Gasteiger partial charge is 0.491 e. The summed E-state index contributed by atoms with van der Waals surface area (Å²) in [6.45, 7) is 7.56. The first kappa shape index (κ1) is 24.6. The second-order valence-electron chi connectivity index (χ2n) is 8.87. The molecular weight excluding hydrogens is 470 g/mol. The molecule has 12 heteroatoms. The zero-order valence-electron chi connectivity index (χ0n) is 20.4. The lowest BCUT2D eigenvalue weighted by atomic mass is 10.1. The van der Waals surface area contributed by atoms with Gasteiger partial charge in [-0.1, -0.05) is 0 Å². The van der Waals surface area contributed by atoms with Gasteiger partial charge in [0.1, 0.15) is 17.4 Å². The molecule has 0 spiro atoms. The first-order chi connectivity index (χ1) is 16.5. The molecule has 0 radical (unpaired) electrons. The number of hydrogen-bond donors (Lipinski definition) is 2. The third-order valence-electron chi connectivity index (χ3n) is 5.26. The van der Waals surface area contributed by atoms with E-state index >= 15 is 0 Å². The number of nitrogens with zero attached hydrogens (tertiary/aromatic N) is 5. The van der Waals surface area contributed by atoms with Crippen molar-refractivity contribution in [2.24, 2.45) is 0 Å². The van der Waals surface area contributed by atoms with Gasteiger partial charge in [-0.05, 0) is 27.0 Å². The number of pyridine rings is 2. The molecule has 0 aliphatic carbocycles. The third kappa shape index (κ3) is 5.95.